The molecule has 0 saturated carbocycles. The quantitative estimate of drug-likeness (QED) is 0.457. The Bertz CT molecular complexity index is 895. The number of furan rings is 1. The topological polar surface area (TPSA) is 57.3 Å². The molecule has 2 aromatic heterocycles. The van der Waals surface area contributed by atoms with E-state index < -0.39 is 0 Å². The van der Waals surface area contributed by atoms with Gasteiger partial charge in [0, 0.05) is 12.7 Å². The molecule has 6 heteroatoms. The fourth-order valence-electron chi connectivity index (χ4n) is 2.31. The Balaban J connectivity index is 1.62. The average Bonchev–Trinajstić information content (AvgIpc) is 3.28. The molecule has 1 aromatic carbocycles. The van der Waals surface area contributed by atoms with Crippen LogP contribution in [0.1, 0.15) is 28.9 Å². The number of aromatic nitrogens is 2. The van der Waals surface area contributed by atoms with Crippen molar-refractivity contribution in [1.29, 1.82) is 0 Å². The van der Waals surface area contributed by atoms with Crippen LogP contribution in [0, 0.1) is 0 Å². The molecular formula is C19H17ClN2O3. The van der Waals surface area contributed by atoms with Crippen LogP contribution in [0.4, 0.5) is 0 Å². The maximum absolute atomic E-state index is 12.2. The monoisotopic (exact) mass is 356 g/mol. The van der Waals surface area contributed by atoms with Gasteiger partial charge in [-0.05, 0) is 49.4 Å². The molecule has 5 nitrogen and oxygen atoms in total. The third-order valence-electron chi connectivity index (χ3n) is 3.56. The van der Waals surface area contributed by atoms with Crippen molar-refractivity contribution in [1.82, 2.24) is 9.78 Å². The molecule has 25 heavy (non-hydrogen) atoms. The number of nitrogens with zero attached hydrogens (tertiary/aromatic N) is 2. The van der Waals surface area contributed by atoms with Gasteiger partial charge < -0.3 is 9.15 Å². The fourth-order valence-corrected chi connectivity index (χ4v) is 2.50. The van der Waals surface area contributed by atoms with Gasteiger partial charge in [-0.2, -0.15) is 5.10 Å². The van der Waals surface area contributed by atoms with Gasteiger partial charge in [0.15, 0.2) is 0 Å². The lowest BCUT2D eigenvalue weighted by atomic mass is 10.2. The molecule has 0 fully saturated rings. The molecule has 0 aliphatic heterocycles. The average molecular weight is 357 g/mol. The highest BCUT2D eigenvalue weighted by molar-refractivity contribution is 6.32. The number of benzene rings is 1. The fraction of sp³-hybridized carbons (Fsp3) is 0.158. The van der Waals surface area contributed by atoms with E-state index in [9.17, 15) is 4.79 Å². The van der Waals surface area contributed by atoms with Gasteiger partial charge in [0.2, 0.25) is 5.78 Å². The van der Waals surface area contributed by atoms with Gasteiger partial charge in [-0.1, -0.05) is 23.7 Å². The van der Waals surface area contributed by atoms with E-state index in [4.69, 9.17) is 20.8 Å². The second-order valence-corrected chi connectivity index (χ2v) is 5.66. The molecule has 3 aromatic rings. The summed E-state index contributed by atoms with van der Waals surface area (Å²) in [5, 5.41) is 4.63. The lowest BCUT2D eigenvalue weighted by Crippen LogP contribution is -2.07. The van der Waals surface area contributed by atoms with Gasteiger partial charge in [-0.3, -0.25) is 9.48 Å². The molecule has 0 aliphatic carbocycles. The van der Waals surface area contributed by atoms with E-state index in [0.29, 0.717) is 34.5 Å². The molecule has 0 saturated heterocycles. The Morgan fingerprint density at radius 3 is 2.92 bits per heavy atom. The van der Waals surface area contributed by atoms with Crippen LogP contribution in [-0.4, -0.2) is 15.6 Å². The number of ether oxygens (including phenoxy) is 1. The van der Waals surface area contributed by atoms with Gasteiger partial charge in [0.1, 0.15) is 29.6 Å². The van der Waals surface area contributed by atoms with Crippen molar-refractivity contribution < 1.29 is 13.9 Å². The summed E-state index contributed by atoms with van der Waals surface area (Å²) in [6.07, 6.45) is 4.72. The maximum Gasteiger partial charge on any atom is 0.203 e. The first-order valence-corrected chi connectivity index (χ1v) is 8.25. The Kier molecular flexibility index (Phi) is 5.36. The zero-order valence-electron chi connectivity index (χ0n) is 13.7. The molecule has 0 N–H and O–H groups in total. The van der Waals surface area contributed by atoms with Crippen LogP contribution in [0.3, 0.4) is 0 Å². The summed E-state index contributed by atoms with van der Waals surface area (Å²) in [4.78, 5) is 12.2. The predicted octanol–water partition coefficient (Wildman–Crippen LogP) is 4.62. The number of para-hydroxylation sites is 1. The second kappa shape index (κ2) is 7.85. The van der Waals surface area contributed by atoms with E-state index in [1.54, 1.807) is 47.3 Å². The van der Waals surface area contributed by atoms with Crippen molar-refractivity contribution in [3.05, 3.63) is 77.0 Å². The van der Waals surface area contributed by atoms with E-state index in [2.05, 4.69) is 5.10 Å². The number of hydrogen-bond acceptors (Lipinski definition) is 4. The predicted molar refractivity (Wildman–Crippen MR) is 95.8 cm³/mol. The largest absolute Gasteiger partial charge is 0.484 e. The van der Waals surface area contributed by atoms with Gasteiger partial charge in [-0.15, -0.1) is 0 Å². The Hall–Kier alpha value is -2.79. The summed E-state index contributed by atoms with van der Waals surface area (Å²) in [7, 11) is 0. The summed E-state index contributed by atoms with van der Waals surface area (Å²) in [5.41, 5.74) is 0.549. The molecule has 0 atom stereocenters. The number of ketones is 1. The Morgan fingerprint density at radius 1 is 1.28 bits per heavy atom. The molecule has 3 rings (SSSR count). The molecule has 0 aliphatic rings. The normalized spacial score (nSPS) is 11.1. The molecular weight excluding hydrogens is 340 g/mol. The molecule has 0 unspecified atom stereocenters. The molecule has 0 amide bonds. The molecule has 0 bridgehead atoms. The number of aryl methyl sites for hydroxylation is 1. The van der Waals surface area contributed by atoms with Gasteiger partial charge in [0.25, 0.3) is 0 Å². The van der Waals surface area contributed by atoms with Crippen LogP contribution < -0.4 is 4.74 Å². The lowest BCUT2D eigenvalue weighted by molar-refractivity contribution is 0.103. The first kappa shape index (κ1) is 17.0. The van der Waals surface area contributed by atoms with Crippen molar-refractivity contribution in [2.45, 2.75) is 20.1 Å². The van der Waals surface area contributed by atoms with Crippen LogP contribution in [0.15, 0.2) is 59.2 Å². The second-order valence-electron chi connectivity index (χ2n) is 5.25. The molecule has 0 spiro atoms. The van der Waals surface area contributed by atoms with E-state index in [0.717, 1.165) is 0 Å². The number of carbonyl (C=O) groups excluding carboxylic acids is 1. The maximum atomic E-state index is 12.2. The van der Waals surface area contributed by atoms with E-state index in [1.165, 1.54) is 6.08 Å². The summed E-state index contributed by atoms with van der Waals surface area (Å²) < 4.78 is 12.9. The van der Waals surface area contributed by atoms with Crippen molar-refractivity contribution in [3.63, 3.8) is 0 Å². The number of allylic oxidation sites excluding steroid dienone is 1. The van der Waals surface area contributed by atoms with Crippen LogP contribution in [0.25, 0.3) is 6.08 Å². The third-order valence-corrected chi connectivity index (χ3v) is 3.87. The number of hydrogen-bond donors (Lipinski definition) is 0. The number of rotatable bonds is 7. The summed E-state index contributed by atoms with van der Waals surface area (Å²) in [5.74, 6) is 1.70. The molecule has 128 valence electrons. The first-order chi connectivity index (χ1) is 12.2. The van der Waals surface area contributed by atoms with Crippen LogP contribution in [-0.2, 0) is 13.2 Å². The smallest absolute Gasteiger partial charge is 0.203 e. The zero-order chi connectivity index (χ0) is 17.6. The number of halogens is 1. The summed E-state index contributed by atoms with van der Waals surface area (Å²) in [6.45, 7) is 2.84. The van der Waals surface area contributed by atoms with Crippen LogP contribution in [0.5, 0.6) is 5.75 Å². The molecule has 0 radical (unpaired) electrons. The first-order valence-electron chi connectivity index (χ1n) is 7.87. The van der Waals surface area contributed by atoms with E-state index >= 15 is 0 Å². The summed E-state index contributed by atoms with van der Waals surface area (Å²) >= 11 is 6.04. The zero-order valence-corrected chi connectivity index (χ0v) is 14.4. The highest BCUT2D eigenvalue weighted by Crippen LogP contribution is 2.24. The van der Waals surface area contributed by atoms with Crippen molar-refractivity contribution >= 4 is 23.5 Å². The third kappa shape index (κ3) is 4.19. The molecule has 2 heterocycles. The van der Waals surface area contributed by atoms with Gasteiger partial charge >= 0.3 is 0 Å². The van der Waals surface area contributed by atoms with Crippen molar-refractivity contribution in [2.24, 2.45) is 0 Å². The van der Waals surface area contributed by atoms with E-state index in [-0.39, 0.29) is 12.4 Å². The standard InChI is InChI=1S/C19H17ClN2O3/c1-2-22-17(11-12-21-22)18(23)10-9-14-7-8-15(25-14)13-24-19-6-4-3-5-16(19)20/h3-12H,2,13H2,1H3/b10-9+. The minimum Gasteiger partial charge on any atom is -0.484 e. The Labute approximate surface area is 150 Å². The van der Waals surface area contributed by atoms with Crippen LogP contribution in [0.2, 0.25) is 5.02 Å². The van der Waals surface area contributed by atoms with Crippen molar-refractivity contribution in [3.8, 4) is 5.75 Å². The highest BCUT2D eigenvalue weighted by Gasteiger charge is 2.08. The highest BCUT2D eigenvalue weighted by atomic mass is 35.5. The van der Waals surface area contributed by atoms with E-state index in [1.807, 2.05) is 19.1 Å². The van der Waals surface area contributed by atoms with Gasteiger partial charge in [-0.25, -0.2) is 0 Å². The minimum atomic E-state index is -0.121. The lowest BCUT2D eigenvalue weighted by Gasteiger charge is -2.05. The minimum absolute atomic E-state index is 0.121. The van der Waals surface area contributed by atoms with Gasteiger partial charge in [0.05, 0.1) is 5.02 Å². The van der Waals surface area contributed by atoms with Crippen LogP contribution >= 0.6 is 11.6 Å². The Morgan fingerprint density at radius 2 is 2.12 bits per heavy atom. The van der Waals surface area contributed by atoms with Crippen molar-refractivity contribution in [2.75, 3.05) is 0 Å². The SMILES string of the molecule is CCn1nccc1C(=O)/C=C/c1ccc(COc2ccccc2Cl)o1. The summed E-state index contributed by atoms with van der Waals surface area (Å²) in [6, 6.07) is 12.5. The number of carbonyl (C=O) groups is 1.